The number of carbonyl (C=O) groups is 3. The zero-order valence-corrected chi connectivity index (χ0v) is 10.4. The quantitative estimate of drug-likeness (QED) is 0.336. The van der Waals surface area contributed by atoms with Crippen molar-refractivity contribution in [3.8, 4) is 0 Å². The molecule has 0 saturated carbocycles. The summed E-state index contributed by atoms with van der Waals surface area (Å²) in [6, 6.07) is -1.50. The van der Waals surface area contributed by atoms with Crippen LogP contribution in [0.15, 0.2) is 12.2 Å². The van der Waals surface area contributed by atoms with E-state index in [0.717, 1.165) is 0 Å². The van der Waals surface area contributed by atoms with Crippen LogP contribution in [0.4, 0.5) is 0 Å². The Bertz CT molecular complexity index is 304. The van der Waals surface area contributed by atoms with Crippen molar-refractivity contribution in [2.45, 2.75) is 13.0 Å². The molecule has 17 heavy (non-hydrogen) atoms. The number of nitrogens with zero attached hydrogens (tertiary/aromatic N) is 1. The van der Waals surface area contributed by atoms with Crippen LogP contribution >= 0.6 is 0 Å². The van der Waals surface area contributed by atoms with Crippen molar-refractivity contribution in [3.05, 3.63) is 12.2 Å². The van der Waals surface area contributed by atoms with Crippen molar-refractivity contribution in [2.24, 2.45) is 5.73 Å². The third kappa shape index (κ3) is 7.97. The molecule has 1 unspecified atom stereocenters. The van der Waals surface area contributed by atoms with Gasteiger partial charge in [0.1, 0.15) is 5.97 Å². The number of carbonyl (C=O) groups excluding carboxylic acids is 2. The lowest BCUT2D eigenvalue weighted by Crippen LogP contribution is -2.58. The molecule has 0 spiro atoms. The monoisotopic (exact) mass is 246 g/mol. The second kappa shape index (κ2) is 6.64. The SMILES string of the molecule is C=C(C)C(N)=O.C[N+](C)(C)C(C(=O)[O-])C(=O)O. The Morgan fingerprint density at radius 3 is 1.59 bits per heavy atom. The Hall–Kier alpha value is -1.89. The molecule has 0 aromatic rings. The Kier molecular flexibility index (Phi) is 6.84. The number of primary amides is 1. The fraction of sp³-hybridized carbons (Fsp3) is 0.500. The zero-order valence-electron chi connectivity index (χ0n) is 10.4. The number of likely N-dealkylation sites (N-methyl/N-ethyl adjacent to an activating group) is 1. The van der Waals surface area contributed by atoms with Gasteiger partial charge < -0.3 is 25.2 Å². The summed E-state index contributed by atoms with van der Waals surface area (Å²) < 4.78 is -0.183. The van der Waals surface area contributed by atoms with Crippen LogP contribution < -0.4 is 10.8 Å². The smallest absolute Gasteiger partial charge is 0.368 e. The Labute approximate surface area is 99.7 Å². The second-order valence-corrected chi connectivity index (χ2v) is 4.32. The first-order valence-electron chi connectivity index (χ1n) is 4.61. The maximum atomic E-state index is 10.4. The molecule has 0 fully saturated rings. The Morgan fingerprint density at radius 1 is 1.29 bits per heavy atom. The molecule has 0 radical (unpaired) electrons. The van der Waals surface area contributed by atoms with E-state index in [-0.39, 0.29) is 4.48 Å². The van der Waals surface area contributed by atoms with Crippen LogP contribution in [0.2, 0.25) is 0 Å². The van der Waals surface area contributed by atoms with Gasteiger partial charge in [-0.05, 0) is 6.92 Å². The van der Waals surface area contributed by atoms with Crippen molar-refractivity contribution in [2.75, 3.05) is 21.1 Å². The molecule has 0 aromatic carbocycles. The summed E-state index contributed by atoms with van der Waals surface area (Å²) >= 11 is 0. The summed E-state index contributed by atoms with van der Waals surface area (Å²) in [7, 11) is 4.44. The minimum Gasteiger partial charge on any atom is -0.543 e. The normalized spacial score (nSPS) is 11.8. The number of rotatable bonds is 4. The molecule has 3 N–H and O–H groups in total. The molecule has 0 heterocycles. The predicted molar refractivity (Wildman–Crippen MR) is 58.5 cm³/mol. The third-order valence-corrected chi connectivity index (χ3v) is 1.65. The van der Waals surface area contributed by atoms with Gasteiger partial charge in [0.15, 0.2) is 0 Å². The van der Waals surface area contributed by atoms with Crippen LogP contribution in [0, 0.1) is 0 Å². The molecule has 0 rings (SSSR count). The van der Waals surface area contributed by atoms with Gasteiger partial charge in [0, 0.05) is 5.57 Å². The van der Waals surface area contributed by atoms with Gasteiger partial charge in [-0.3, -0.25) is 4.79 Å². The number of carboxylic acid groups (broad SMARTS) is 2. The van der Waals surface area contributed by atoms with E-state index in [1.807, 2.05) is 0 Å². The fourth-order valence-electron chi connectivity index (χ4n) is 0.748. The van der Waals surface area contributed by atoms with Crippen LogP contribution in [-0.4, -0.2) is 54.6 Å². The van der Waals surface area contributed by atoms with E-state index in [4.69, 9.17) is 10.8 Å². The van der Waals surface area contributed by atoms with E-state index in [1.54, 1.807) is 6.92 Å². The van der Waals surface area contributed by atoms with Crippen molar-refractivity contribution in [1.82, 2.24) is 0 Å². The van der Waals surface area contributed by atoms with Gasteiger partial charge in [0.25, 0.3) is 0 Å². The molecule has 1 atom stereocenters. The first-order valence-corrected chi connectivity index (χ1v) is 4.61. The number of hydrogen-bond acceptors (Lipinski definition) is 4. The molecular formula is C10H18N2O5. The lowest BCUT2D eigenvalue weighted by molar-refractivity contribution is -0.880. The largest absolute Gasteiger partial charge is 0.543 e. The average Bonchev–Trinajstić information content (AvgIpc) is 1.99. The zero-order chi connectivity index (χ0) is 14.4. The highest BCUT2D eigenvalue weighted by atomic mass is 16.4. The van der Waals surface area contributed by atoms with Crippen molar-refractivity contribution < 1.29 is 29.1 Å². The molecule has 0 saturated heterocycles. The van der Waals surface area contributed by atoms with Crippen LogP contribution in [0.5, 0.6) is 0 Å². The lowest BCUT2D eigenvalue weighted by atomic mass is 10.2. The van der Waals surface area contributed by atoms with Gasteiger partial charge in [0.2, 0.25) is 11.9 Å². The Balaban J connectivity index is 0. The predicted octanol–water partition coefficient (Wildman–Crippen LogP) is -2.06. The average molecular weight is 246 g/mol. The molecule has 7 nitrogen and oxygen atoms in total. The number of amides is 1. The van der Waals surface area contributed by atoms with E-state index >= 15 is 0 Å². The van der Waals surface area contributed by atoms with Crippen LogP contribution in [0.25, 0.3) is 0 Å². The molecule has 98 valence electrons. The van der Waals surface area contributed by atoms with Gasteiger partial charge in [0.05, 0.1) is 21.1 Å². The summed E-state index contributed by atoms with van der Waals surface area (Å²) in [6.45, 7) is 4.85. The summed E-state index contributed by atoms with van der Waals surface area (Å²) in [4.78, 5) is 30.5. The fourth-order valence-corrected chi connectivity index (χ4v) is 0.748. The van der Waals surface area contributed by atoms with Crippen molar-refractivity contribution >= 4 is 17.8 Å². The molecule has 0 aliphatic carbocycles. The maximum absolute atomic E-state index is 10.4. The topological polar surface area (TPSA) is 121 Å². The van der Waals surface area contributed by atoms with Gasteiger partial charge in [-0.25, -0.2) is 4.79 Å². The molecular weight excluding hydrogens is 228 g/mol. The highest BCUT2D eigenvalue weighted by Gasteiger charge is 2.32. The molecule has 7 heteroatoms. The number of carboxylic acids is 2. The maximum Gasteiger partial charge on any atom is 0.368 e. The van der Waals surface area contributed by atoms with Crippen LogP contribution in [-0.2, 0) is 14.4 Å². The van der Waals surface area contributed by atoms with Crippen molar-refractivity contribution in [3.63, 3.8) is 0 Å². The molecule has 0 bridgehead atoms. The van der Waals surface area contributed by atoms with E-state index in [2.05, 4.69) is 6.58 Å². The van der Waals surface area contributed by atoms with E-state index in [0.29, 0.717) is 5.57 Å². The summed E-state index contributed by atoms with van der Waals surface area (Å²) in [5.74, 6) is -3.38. The molecule has 1 amide bonds. The van der Waals surface area contributed by atoms with Crippen LogP contribution in [0.3, 0.4) is 0 Å². The number of aliphatic carboxylic acids is 2. The minimum atomic E-state index is -1.56. The van der Waals surface area contributed by atoms with E-state index in [1.165, 1.54) is 21.1 Å². The minimum absolute atomic E-state index is 0.183. The molecule has 0 aliphatic heterocycles. The van der Waals surface area contributed by atoms with Crippen LogP contribution in [0.1, 0.15) is 6.92 Å². The first kappa shape index (κ1) is 17.5. The van der Waals surface area contributed by atoms with Gasteiger partial charge in [-0.15, -0.1) is 0 Å². The van der Waals surface area contributed by atoms with Gasteiger partial charge in [-0.2, -0.15) is 0 Å². The second-order valence-electron chi connectivity index (χ2n) is 4.32. The third-order valence-electron chi connectivity index (χ3n) is 1.65. The van der Waals surface area contributed by atoms with E-state index in [9.17, 15) is 19.5 Å². The first-order chi connectivity index (χ1) is 7.41. The standard InChI is InChI=1S/C6H11NO4.C4H7NO/c1-7(2,3)4(5(8)9)6(10)11;1-3(2)4(5)6/h4H,1-3H3,(H-,8,9,10,11);1H2,2H3,(H2,5,6). The molecule has 0 aliphatic rings. The number of quaternary nitrogens is 1. The number of hydrogen-bond donors (Lipinski definition) is 2. The van der Waals surface area contributed by atoms with Crippen molar-refractivity contribution in [1.29, 1.82) is 0 Å². The van der Waals surface area contributed by atoms with Gasteiger partial charge in [-0.1, -0.05) is 6.58 Å². The van der Waals surface area contributed by atoms with Gasteiger partial charge >= 0.3 is 5.97 Å². The lowest BCUT2D eigenvalue weighted by Gasteiger charge is -2.31. The summed E-state index contributed by atoms with van der Waals surface area (Å²) in [5, 5.41) is 18.7. The van der Waals surface area contributed by atoms with E-state index < -0.39 is 23.9 Å². The molecule has 0 aromatic heterocycles. The summed E-state index contributed by atoms with van der Waals surface area (Å²) in [6.07, 6.45) is 0. The number of nitrogens with two attached hydrogens (primary N) is 1. The highest BCUT2D eigenvalue weighted by Crippen LogP contribution is 2.01. The highest BCUT2D eigenvalue weighted by molar-refractivity contribution is 5.94. The Morgan fingerprint density at radius 2 is 1.59 bits per heavy atom. The summed E-state index contributed by atoms with van der Waals surface area (Å²) in [5.41, 5.74) is 5.09.